The summed E-state index contributed by atoms with van der Waals surface area (Å²) in [5.41, 5.74) is 2.58. The van der Waals surface area contributed by atoms with Gasteiger partial charge in [0.2, 0.25) is 0 Å². The molecule has 5 nitrogen and oxygen atoms in total. The zero-order valence-electron chi connectivity index (χ0n) is 14.6. The smallest absolute Gasteiger partial charge is 0.256 e. The molecule has 2 atom stereocenters. The van der Waals surface area contributed by atoms with Crippen molar-refractivity contribution >= 4 is 5.91 Å². The maximum Gasteiger partial charge on any atom is 0.256 e. The number of aliphatic hydroxyl groups is 1. The molecular formula is C19H25N3O2. The van der Waals surface area contributed by atoms with Crippen LogP contribution in [0.25, 0.3) is 5.82 Å². The number of piperidine rings is 1. The third-order valence-corrected chi connectivity index (χ3v) is 5.10. The van der Waals surface area contributed by atoms with Crippen LogP contribution in [0, 0.1) is 19.8 Å². The van der Waals surface area contributed by atoms with Crippen molar-refractivity contribution in [3.8, 4) is 5.82 Å². The minimum absolute atomic E-state index is 0.0101. The van der Waals surface area contributed by atoms with E-state index in [1.807, 2.05) is 47.6 Å². The van der Waals surface area contributed by atoms with Gasteiger partial charge in [0.15, 0.2) is 0 Å². The van der Waals surface area contributed by atoms with Crippen LogP contribution in [0.1, 0.15) is 41.5 Å². The second-order valence-electron chi connectivity index (χ2n) is 6.68. The third kappa shape index (κ3) is 2.84. The summed E-state index contributed by atoms with van der Waals surface area (Å²) in [5.74, 6) is 1.15. The predicted molar refractivity (Wildman–Crippen MR) is 93.3 cm³/mol. The summed E-state index contributed by atoms with van der Waals surface area (Å²) < 4.78 is 2.01. The Labute approximate surface area is 142 Å². The molecule has 1 amide bonds. The average molecular weight is 327 g/mol. The van der Waals surface area contributed by atoms with E-state index in [0.29, 0.717) is 18.0 Å². The van der Waals surface area contributed by atoms with Gasteiger partial charge in [0.05, 0.1) is 18.2 Å². The minimum atomic E-state index is -0.0934. The quantitative estimate of drug-likeness (QED) is 0.943. The summed E-state index contributed by atoms with van der Waals surface area (Å²) >= 11 is 0. The number of aromatic nitrogens is 2. The van der Waals surface area contributed by atoms with Crippen molar-refractivity contribution in [1.82, 2.24) is 14.5 Å². The Hall–Kier alpha value is -2.14. The number of hydrogen-bond donors (Lipinski definition) is 1. The largest absolute Gasteiger partial charge is 0.394 e. The van der Waals surface area contributed by atoms with Crippen LogP contribution in [0.2, 0.25) is 0 Å². The average Bonchev–Trinajstić information content (AvgIpc) is 2.89. The van der Waals surface area contributed by atoms with Crippen LogP contribution in [0.3, 0.4) is 0 Å². The summed E-state index contributed by atoms with van der Waals surface area (Å²) in [6, 6.07) is 7.60. The highest BCUT2D eigenvalue weighted by molar-refractivity contribution is 5.96. The number of hydrogen-bond acceptors (Lipinski definition) is 3. The number of amides is 1. The molecule has 3 rings (SSSR count). The lowest BCUT2D eigenvalue weighted by molar-refractivity contribution is 0.0358. The normalized spacial score (nSPS) is 21.1. The fourth-order valence-electron chi connectivity index (χ4n) is 3.75. The van der Waals surface area contributed by atoms with Crippen LogP contribution in [0.4, 0.5) is 0 Å². The van der Waals surface area contributed by atoms with Gasteiger partial charge in [-0.15, -0.1) is 0 Å². The molecule has 1 aliphatic heterocycles. The van der Waals surface area contributed by atoms with Crippen LogP contribution >= 0.6 is 0 Å². The first-order valence-electron chi connectivity index (χ1n) is 8.56. The van der Waals surface area contributed by atoms with E-state index >= 15 is 0 Å². The molecule has 5 heteroatoms. The number of pyridine rings is 1. The van der Waals surface area contributed by atoms with Gasteiger partial charge in [-0.25, -0.2) is 4.98 Å². The summed E-state index contributed by atoms with van der Waals surface area (Å²) in [7, 11) is 0. The Morgan fingerprint density at radius 3 is 2.83 bits per heavy atom. The Morgan fingerprint density at radius 1 is 1.38 bits per heavy atom. The zero-order chi connectivity index (χ0) is 17.3. The molecule has 0 saturated carbocycles. The molecule has 24 heavy (non-hydrogen) atoms. The Morgan fingerprint density at radius 2 is 2.17 bits per heavy atom. The van der Waals surface area contributed by atoms with Crippen LogP contribution in [0.15, 0.2) is 30.5 Å². The summed E-state index contributed by atoms with van der Waals surface area (Å²) in [4.78, 5) is 19.4. The van der Waals surface area contributed by atoms with Gasteiger partial charge in [-0.1, -0.05) is 13.0 Å². The molecule has 0 spiro atoms. The van der Waals surface area contributed by atoms with Crippen molar-refractivity contribution in [2.24, 2.45) is 5.92 Å². The molecule has 1 N–H and O–H groups in total. The molecule has 0 radical (unpaired) electrons. The van der Waals surface area contributed by atoms with Crippen molar-refractivity contribution in [3.05, 3.63) is 47.4 Å². The first kappa shape index (κ1) is 16.7. The van der Waals surface area contributed by atoms with Crippen LogP contribution in [-0.4, -0.2) is 44.7 Å². The minimum Gasteiger partial charge on any atom is -0.394 e. The Kier molecular flexibility index (Phi) is 4.71. The highest BCUT2D eigenvalue weighted by Crippen LogP contribution is 2.27. The highest BCUT2D eigenvalue weighted by atomic mass is 16.3. The van der Waals surface area contributed by atoms with E-state index in [-0.39, 0.29) is 18.6 Å². The van der Waals surface area contributed by atoms with Gasteiger partial charge in [0.25, 0.3) is 5.91 Å². The lowest BCUT2D eigenvalue weighted by Gasteiger charge is -2.39. The molecule has 2 unspecified atom stereocenters. The maximum atomic E-state index is 13.1. The van der Waals surface area contributed by atoms with Gasteiger partial charge in [-0.2, -0.15) is 0 Å². The Balaban J connectivity index is 1.97. The topological polar surface area (TPSA) is 58.4 Å². The second kappa shape index (κ2) is 6.77. The van der Waals surface area contributed by atoms with Gasteiger partial charge >= 0.3 is 0 Å². The lowest BCUT2D eigenvalue weighted by atomic mass is 9.90. The number of rotatable bonds is 3. The van der Waals surface area contributed by atoms with E-state index in [1.54, 1.807) is 6.20 Å². The van der Waals surface area contributed by atoms with Gasteiger partial charge < -0.3 is 14.6 Å². The van der Waals surface area contributed by atoms with Gasteiger partial charge in [0.1, 0.15) is 5.82 Å². The predicted octanol–water partition coefficient (Wildman–Crippen LogP) is 2.72. The molecule has 2 aromatic rings. The zero-order valence-corrected chi connectivity index (χ0v) is 14.6. The SMILES string of the molecule is Cc1cc(C(=O)N2CCCC(C)C2CO)c(C)n1-c1ccccn1. The number of nitrogens with zero attached hydrogens (tertiary/aromatic N) is 3. The number of likely N-dealkylation sites (tertiary alicyclic amines) is 1. The monoisotopic (exact) mass is 327 g/mol. The lowest BCUT2D eigenvalue weighted by Crippen LogP contribution is -2.49. The Bertz CT molecular complexity index is 724. The third-order valence-electron chi connectivity index (χ3n) is 5.10. The molecule has 128 valence electrons. The van der Waals surface area contributed by atoms with Crippen LogP contribution < -0.4 is 0 Å². The van der Waals surface area contributed by atoms with E-state index in [4.69, 9.17) is 0 Å². The fraction of sp³-hybridized carbons (Fsp3) is 0.474. The maximum absolute atomic E-state index is 13.1. The van der Waals surface area contributed by atoms with Gasteiger partial charge in [-0.3, -0.25) is 4.79 Å². The van der Waals surface area contributed by atoms with Crippen molar-refractivity contribution in [1.29, 1.82) is 0 Å². The molecule has 0 bridgehead atoms. The van der Waals surface area contributed by atoms with Gasteiger partial charge in [0, 0.05) is 24.1 Å². The van der Waals surface area contributed by atoms with E-state index in [2.05, 4.69) is 11.9 Å². The molecule has 2 aromatic heterocycles. The van der Waals surface area contributed by atoms with E-state index in [0.717, 1.165) is 30.0 Å². The van der Waals surface area contributed by atoms with E-state index in [1.165, 1.54) is 0 Å². The molecule has 0 aromatic carbocycles. The fourth-order valence-corrected chi connectivity index (χ4v) is 3.75. The standard InChI is InChI=1S/C19H25N3O2/c1-13-7-6-10-21(17(13)12-23)19(24)16-11-14(2)22(15(16)3)18-8-4-5-9-20-18/h4-5,8-9,11,13,17,23H,6-7,10,12H2,1-3H3. The molecule has 0 aliphatic carbocycles. The van der Waals surface area contributed by atoms with Crippen molar-refractivity contribution in [2.75, 3.05) is 13.2 Å². The van der Waals surface area contributed by atoms with Crippen molar-refractivity contribution in [3.63, 3.8) is 0 Å². The number of carbonyl (C=O) groups excluding carboxylic acids is 1. The molecule has 1 saturated heterocycles. The first-order chi connectivity index (χ1) is 11.5. The first-order valence-corrected chi connectivity index (χ1v) is 8.56. The summed E-state index contributed by atoms with van der Waals surface area (Å²) in [6.45, 7) is 6.78. The second-order valence-corrected chi connectivity index (χ2v) is 6.68. The summed E-state index contributed by atoms with van der Waals surface area (Å²) in [6.07, 6.45) is 3.80. The van der Waals surface area contributed by atoms with E-state index < -0.39 is 0 Å². The molecule has 1 aliphatic rings. The van der Waals surface area contributed by atoms with Crippen LogP contribution in [0.5, 0.6) is 0 Å². The van der Waals surface area contributed by atoms with Crippen molar-refractivity contribution < 1.29 is 9.90 Å². The number of aryl methyl sites for hydroxylation is 1. The number of carbonyl (C=O) groups is 1. The molecular weight excluding hydrogens is 302 g/mol. The van der Waals surface area contributed by atoms with E-state index in [9.17, 15) is 9.90 Å². The van der Waals surface area contributed by atoms with Crippen molar-refractivity contribution in [2.45, 2.75) is 39.7 Å². The summed E-state index contributed by atoms with van der Waals surface area (Å²) in [5, 5.41) is 9.73. The van der Waals surface area contributed by atoms with Gasteiger partial charge in [-0.05, 0) is 50.8 Å². The molecule has 1 fully saturated rings. The number of aliphatic hydroxyl groups excluding tert-OH is 1. The highest BCUT2D eigenvalue weighted by Gasteiger charge is 2.33. The van der Waals surface area contributed by atoms with Crippen LogP contribution in [-0.2, 0) is 0 Å². The molecule has 3 heterocycles.